The zero-order valence-electron chi connectivity index (χ0n) is 17.6. The van der Waals surface area contributed by atoms with Crippen molar-refractivity contribution in [3.63, 3.8) is 0 Å². The van der Waals surface area contributed by atoms with E-state index in [2.05, 4.69) is 20.6 Å². The normalized spacial score (nSPS) is 12.9. The minimum Gasteiger partial charge on any atom is -0.385 e. The molecule has 0 saturated carbocycles. The number of nitrogens with zero attached hydrogens (tertiary/aromatic N) is 4. The van der Waals surface area contributed by atoms with Crippen molar-refractivity contribution in [3.8, 4) is 0 Å². The quantitative estimate of drug-likeness (QED) is 0.569. The maximum atomic E-state index is 13.5. The van der Waals surface area contributed by atoms with Crippen LogP contribution in [-0.2, 0) is 16.4 Å². The second-order valence-corrected chi connectivity index (χ2v) is 9.72. The Balaban J connectivity index is 1.89. The first-order valence-electron chi connectivity index (χ1n) is 9.79. The second-order valence-electron chi connectivity index (χ2n) is 7.85. The fourth-order valence-electron chi connectivity index (χ4n) is 3.29. The highest BCUT2D eigenvalue weighted by Gasteiger charge is 2.27. The summed E-state index contributed by atoms with van der Waals surface area (Å²) in [4.78, 5) is 0.209. The van der Waals surface area contributed by atoms with Crippen LogP contribution in [0, 0.1) is 19.8 Å². The smallest absolute Gasteiger partial charge is 0.264 e. The van der Waals surface area contributed by atoms with Crippen molar-refractivity contribution in [3.05, 3.63) is 65.0 Å². The van der Waals surface area contributed by atoms with Crippen LogP contribution in [0.2, 0.25) is 0 Å². The van der Waals surface area contributed by atoms with E-state index < -0.39 is 16.1 Å². The van der Waals surface area contributed by atoms with E-state index in [0.29, 0.717) is 12.2 Å². The number of rotatable bonds is 8. The third-order valence-corrected chi connectivity index (χ3v) is 6.55. The van der Waals surface area contributed by atoms with Gasteiger partial charge in [-0.25, -0.2) is 8.42 Å². The molecular weight excluding hydrogens is 402 g/mol. The summed E-state index contributed by atoms with van der Waals surface area (Å²) in [6, 6.07) is 12.3. The molecule has 0 aliphatic heterocycles. The molecule has 3 aromatic rings. The first kappa shape index (κ1) is 21.9. The number of H-pyrrole nitrogens is 1. The first-order chi connectivity index (χ1) is 14.2. The largest absolute Gasteiger partial charge is 0.385 e. The van der Waals surface area contributed by atoms with E-state index in [1.807, 2.05) is 45.9 Å². The number of aromatic nitrogens is 4. The third-order valence-electron chi connectivity index (χ3n) is 4.75. The van der Waals surface area contributed by atoms with E-state index in [1.54, 1.807) is 24.3 Å². The number of nitrogens with one attached hydrogen (secondary N) is 1. The number of tetrazole rings is 1. The van der Waals surface area contributed by atoms with E-state index in [0.717, 1.165) is 16.7 Å². The molecule has 0 bridgehead atoms. The number of aryl methyl sites for hydroxylation is 2. The molecule has 30 heavy (non-hydrogen) atoms. The van der Waals surface area contributed by atoms with Crippen molar-refractivity contribution < 1.29 is 13.5 Å². The minimum absolute atomic E-state index is 0.157. The standard InChI is InChI=1S/C21H27N5O3S/c1-14(2)13-26(19-10-5-15(3)11-16(19)4)30(28,29)18-8-6-17(7-9-18)12-20(27)21-22-24-25-23-21/h5-11,14,20,27H,12-13H2,1-4H3,(H,22,23,24,25). The molecule has 1 unspecified atom stereocenters. The zero-order valence-corrected chi connectivity index (χ0v) is 18.4. The van der Waals surface area contributed by atoms with Crippen molar-refractivity contribution in [2.45, 2.75) is 45.1 Å². The second kappa shape index (κ2) is 8.93. The van der Waals surface area contributed by atoms with Gasteiger partial charge in [-0.05, 0) is 49.1 Å². The number of aliphatic hydroxyl groups excluding tert-OH is 1. The summed E-state index contributed by atoms with van der Waals surface area (Å²) < 4.78 is 28.4. The summed E-state index contributed by atoms with van der Waals surface area (Å²) in [5.41, 5.74) is 3.46. The van der Waals surface area contributed by atoms with Crippen LogP contribution >= 0.6 is 0 Å². The van der Waals surface area contributed by atoms with Crippen molar-refractivity contribution in [1.82, 2.24) is 20.6 Å². The lowest BCUT2D eigenvalue weighted by molar-refractivity contribution is 0.168. The topological polar surface area (TPSA) is 112 Å². The highest BCUT2D eigenvalue weighted by molar-refractivity contribution is 7.92. The van der Waals surface area contributed by atoms with Gasteiger partial charge in [0.1, 0.15) is 6.10 Å². The van der Waals surface area contributed by atoms with E-state index in [-0.39, 0.29) is 23.1 Å². The van der Waals surface area contributed by atoms with Crippen molar-refractivity contribution in [2.75, 3.05) is 10.8 Å². The van der Waals surface area contributed by atoms with E-state index in [1.165, 1.54) is 4.31 Å². The van der Waals surface area contributed by atoms with Gasteiger partial charge in [-0.2, -0.15) is 5.21 Å². The Kier molecular flexibility index (Phi) is 6.52. The summed E-state index contributed by atoms with van der Waals surface area (Å²) in [5.74, 6) is 0.356. The molecule has 1 aromatic heterocycles. The number of sulfonamides is 1. The van der Waals surface area contributed by atoms with Crippen LogP contribution in [0.15, 0.2) is 47.4 Å². The summed E-state index contributed by atoms with van der Waals surface area (Å²) in [6.07, 6.45) is -0.661. The highest BCUT2D eigenvalue weighted by Crippen LogP contribution is 2.29. The van der Waals surface area contributed by atoms with Gasteiger partial charge in [-0.3, -0.25) is 4.31 Å². The van der Waals surface area contributed by atoms with Gasteiger partial charge in [-0.15, -0.1) is 10.2 Å². The molecule has 0 aliphatic rings. The van der Waals surface area contributed by atoms with Crippen molar-refractivity contribution in [1.29, 1.82) is 0 Å². The van der Waals surface area contributed by atoms with Crippen LogP contribution in [0.3, 0.4) is 0 Å². The lowest BCUT2D eigenvalue weighted by Crippen LogP contribution is -2.34. The minimum atomic E-state index is -3.74. The molecule has 0 spiro atoms. The molecule has 0 fully saturated rings. The molecule has 0 amide bonds. The van der Waals surface area contributed by atoms with Crippen molar-refractivity contribution in [2.24, 2.45) is 5.92 Å². The first-order valence-corrected chi connectivity index (χ1v) is 11.2. The Labute approximate surface area is 177 Å². The van der Waals surface area contributed by atoms with Gasteiger partial charge in [0.2, 0.25) is 5.82 Å². The van der Waals surface area contributed by atoms with E-state index >= 15 is 0 Å². The number of aliphatic hydroxyl groups is 1. The molecule has 160 valence electrons. The molecule has 2 N–H and O–H groups in total. The number of aromatic amines is 1. The maximum Gasteiger partial charge on any atom is 0.264 e. The Morgan fingerprint density at radius 2 is 1.80 bits per heavy atom. The van der Waals surface area contributed by atoms with Crippen LogP contribution in [0.4, 0.5) is 5.69 Å². The fourth-order valence-corrected chi connectivity index (χ4v) is 4.99. The summed E-state index contributed by atoms with van der Waals surface area (Å²) >= 11 is 0. The van der Waals surface area contributed by atoms with Crippen LogP contribution in [0.1, 0.15) is 42.5 Å². The van der Waals surface area contributed by atoms with Gasteiger partial charge in [0, 0.05) is 13.0 Å². The van der Waals surface area contributed by atoms with Gasteiger partial charge < -0.3 is 5.11 Å². The molecule has 9 heteroatoms. The maximum absolute atomic E-state index is 13.5. The van der Waals surface area contributed by atoms with Crippen LogP contribution in [0.5, 0.6) is 0 Å². The predicted molar refractivity (Wildman–Crippen MR) is 115 cm³/mol. The lowest BCUT2D eigenvalue weighted by atomic mass is 10.1. The molecule has 0 saturated heterocycles. The van der Waals surface area contributed by atoms with E-state index in [4.69, 9.17) is 0 Å². The zero-order chi connectivity index (χ0) is 21.9. The Bertz CT molecular complexity index is 1080. The molecule has 2 aromatic carbocycles. The Morgan fingerprint density at radius 1 is 1.10 bits per heavy atom. The monoisotopic (exact) mass is 429 g/mol. The predicted octanol–water partition coefficient (Wildman–Crippen LogP) is 2.94. The number of hydrogen-bond donors (Lipinski definition) is 2. The van der Waals surface area contributed by atoms with Gasteiger partial charge >= 0.3 is 0 Å². The van der Waals surface area contributed by atoms with Gasteiger partial charge in [0.15, 0.2) is 0 Å². The Hall–Kier alpha value is -2.78. The number of anilines is 1. The molecule has 1 atom stereocenters. The number of hydrogen-bond acceptors (Lipinski definition) is 6. The lowest BCUT2D eigenvalue weighted by Gasteiger charge is -2.28. The SMILES string of the molecule is Cc1ccc(N(CC(C)C)S(=O)(=O)c2ccc(CC(O)c3nn[nH]n3)cc2)c(C)c1. The average Bonchev–Trinajstić information content (AvgIpc) is 3.22. The molecule has 0 aliphatic carbocycles. The summed E-state index contributed by atoms with van der Waals surface area (Å²) in [7, 11) is -3.74. The highest BCUT2D eigenvalue weighted by atomic mass is 32.2. The van der Waals surface area contributed by atoms with Crippen LogP contribution in [0.25, 0.3) is 0 Å². The van der Waals surface area contributed by atoms with Gasteiger partial charge in [0.25, 0.3) is 10.0 Å². The van der Waals surface area contributed by atoms with Crippen molar-refractivity contribution >= 4 is 15.7 Å². The summed E-state index contributed by atoms with van der Waals surface area (Å²) in [5, 5.41) is 23.4. The molecule has 1 heterocycles. The molecular formula is C21H27N5O3S. The van der Waals surface area contributed by atoms with Gasteiger partial charge in [0.05, 0.1) is 10.6 Å². The summed E-state index contributed by atoms with van der Waals surface area (Å²) in [6.45, 7) is 8.28. The van der Waals surface area contributed by atoms with Gasteiger partial charge in [-0.1, -0.05) is 48.9 Å². The molecule has 0 radical (unpaired) electrons. The molecule has 8 nitrogen and oxygen atoms in total. The number of benzene rings is 2. The fraction of sp³-hybridized carbons (Fsp3) is 0.381. The molecule has 3 rings (SSSR count). The van der Waals surface area contributed by atoms with Crippen LogP contribution < -0.4 is 4.31 Å². The Morgan fingerprint density at radius 3 is 2.37 bits per heavy atom. The average molecular weight is 430 g/mol. The third kappa shape index (κ3) is 4.85. The van der Waals surface area contributed by atoms with Crippen LogP contribution in [-0.4, -0.2) is 40.7 Å². The van der Waals surface area contributed by atoms with E-state index in [9.17, 15) is 13.5 Å².